The van der Waals surface area contributed by atoms with E-state index in [0.717, 1.165) is 31.2 Å². The number of nitrogens with two attached hydrogens (primary N) is 2. The topological polar surface area (TPSA) is 127 Å². The minimum Gasteiger partial charge on any atom is -0.477 e. The second kappa shape index (κ2) is 5.92. The molecule has 2 atom stereocenters. The Labute approximate surface area is 159 Å². The van der Waals surface area contributed by atoms with Crippen LogP contribution < -0.4 is 27.3 Å². The van der Waals surface area contributed by atoms with E-state index in [2.05, 4.69) is 5.43 Å². The number of aromatic carboxylic acids is 1. The first kappa shape index (κ1) is 17.4. The zero-order chi connectivity index (χ0) is 19.7. The molecule has 3 aliphatic rings. The fourth-order valence-electron chi connectivity index (χ4n) is 4.92. The van der Waals surface area contributed by atoms with Crippen LogP contribution in [0.15, 0.2) is 11.0 Å². The Hall–Kier alpha value is -2.65. The largest absolute Gasteiger partial charge is 0.477 e. The summed E-state index contributed by atoms with van der Waals surface area (Å²) in [6, 6.07) is 0.250. The highest BCUT2D eigenvalue weighted by molar-refractivity contribution is 6.02. The molecular weight excluding hydrogens is 365 g/mol. The van der Waals surface area contributed by atoms with E-state index in [1.54, 1.807) is 0 Å². The number of nitrogen functional groups attached to an aromatic ring is 1. The Balaban J connectivity index is 1.92. The van der Waals surface area contributed by atoms with E-state index in [-0.39, 0.29) is 34.8 Å². The highest BCUT2D eigenvalue weighted by atomic mass is 19.1. The first-order valence-corrected chi connectivity index (χ1v) is 9.57. The lowest BCUT2D eigenvalue weighted by molar-refractivity contribution is 0.0695. The van der Waals surface area contributed by atoms with Crippen LogP contribution in [0.3, 0.4) is 0 Å². The predicted molar refractivity (Wildman–Crippen MR) is 103 cm³/mol. The number of aryl methyl sites for hydroxylation is 1. The lowest BCUT2D eigenvalue weighted by Crippen LogP contribution is -2.37. The fourth-order valence-corrected chi connectivity index (χ4v) is 4.92. The Bertz CT molecular complexity index is 1080. The van der Waals surface area contributed by atoms with Gasteiger partial charge in [-0.1, -0.05) is 0 Å². The summed E-state index contributed by atoms with van der Waals surface area (Å²) in [6.45, 7) is 0.547. The highest BCUT2D eigenvalue weighted by Crippen LogP contribution is 2.46. The molecule has 1 saturated carbocycles. The third-order valence-electron chi connectivity index (χ3n) is 6.26. The number of carboxylic acid groups (broad SMARTS) is 1. The maximum absolute atomic E-state index is 15.6. The number of pyridine rings is 1. The molecule has 2 aromatic rings. The molecule has 148 valence electrons. The van der Waals surface area contributed by atoms with Gasteiger partial charge < -0.3 is 25.7 Å². The molecular formula is C19H22FN5O3. The number of hydrogen-bond donors (Lipinski definition) is 4. The van der Waals surface area contributed by atoms with Crippen LogP contribution in [0.1, 0.15) is 47.6 Å². The summed E-state index contributed by atoms with van der Waals surface area (Å²) >= 11 is 0. The zero-order valence-corrected chi connectivity index (χ0v) is 15.2. The summed E-state index contributed by atoms with van der Waals surface area (Å²) in [5, 5.41) is 9.52. The first-order chi connectivity index (χ1) is 13.4. The van der Waals surface area contributed by atoms with Gasteiger partial charge in [0.15, 0.2) is 5.82 Å². The second-order valence-corrected chi connectivity index (χ2v) is 8.04. The average molecular weight is 387 g/mol. The molecule has 1 saturated heterocycles. The van der Waals surface area contributed by atoms with Crippen molar-refractivity contribution in [1.82, 2.24) is 4.57 Å². The van der Waals surface area contributed by atoms with Gasteiger partial charge in [0.05, 0.1) is 16.6 Å². The van der Waals surface area contributed by atoms with Gasteiger partial charge in [-0.3, -0.25) is 10.6 Å². The molecule has 5 rings (SSSR count). The maximum Gasteiger partial charge on any atom is 0.341 e. The van der Waals surface area contributed by atoms with Crippen LogP contribution in [-0.2, 0) is 6.42 Å². The number of anilines is 2. The maximum atomic E-state index is 15.6. The molecule has 1 aromatic heterocycles. The number of benzene rings is 1. The van der Waals surface area contributed by atoms with Crippen molar-refractivity contribution < 1.29 is 14.3 Å². The molecule has 2 aliphatic heterocycles. The lowest BCUT2D eigenvalue weighted by atomic mass is 9.92. The molecule has 0 bridgehead atoms. The van der Waals surface area contributed by atoms with Gasteiger partial charge in [0.1, 0.15) is 11.3 Å². The number of halogens is 1. The SMILES string of the molecule is NNc1c(F)c2c(c3c1c(=O)c(C(=O)O)cn3C1CC1)CCC1CC(N)CN21. The van der Waals surface area contributed by atoms with Crippen molar-refractivity contribution in [3.8, 4) is 0 Å². The molecule has 0 radical (unpaired) electrons. The van der Waals surface area contributed by atoms with Crippen LogP contribution >= 0.6 is 0 Å². The molecule has 3 heterocycles. The molecule has 0 amide bonds. The molecule has 6 N–H and O–H groups in total. The molecule has 1 aliphatic carbocycles. The molecule has 2 fully saturated rings. The van der Waals surface area contributed by atoms with E-state index in [1.807, 2.05) is 9.47 Å². The van der Waals surface area contributed by atoms with Crippen LogP contribution in [0.4, 0.5) is 15.8 Å². The van der Waals surface area contributed by atoms with E-state index >= 15 is 4.39 Å². The van der Waals surface area contributed by atoms with Crippen molar-refractivity contribution in [3.05, 3.63) is 33.4 Å². The summed E-state index contributed by atoms with van der Waals surface area (Å²) in [5.74, 6) is 3.69. The van der Waals surface area contributed by atoms with E-state index in [0.29, 0.717) is 24.2 Å². The van der Waals surface area contributed by atoms with Gasteiger partial charge in [-0.05, 0) is 32.1 Å². The van der Waals surface area contributed by atoms with Gasteiger partial charge in [0, 0.05) is 36.4 Å². The number of carbonyl (C=O) groups is 1. The third-order valence-corrected chi connectivity index (χ3v) is 6.26. The number of rotatable bonds is 3. The van der Waals surface area contributed by atoms with Crippen molar-refractivity contribution in [2.45, 2.75) is 50.2 Å². The number of hydrogen-bond acceptors (Lipinski definition) is 6. The van der Waals surface area contributed by atoms with Gasteiger partial charge >= 0.3 is 5.97 Å². The third kappa shape index (κ3) is 2.29. The number of hydrazine groups is 1. The van der Waals surface area contributed by atoms with Crippen molar-refractivity contribution in [3.63, 3.8) is 0 Å². The van der Waals surface area contributed by atoms with Gasteiger partial charge in [-0.15, -0.1) is 0 Å². The standard InChI is InChI=1S/C19H22FN5O3/c20-14-15(23-22)13-16(11-4-3-10-5-8(21)6-24(10)17(11)14)25(9-1-2-9)7-12(18(13)26)19(27)28/h7-10,23H,1-6,21-22H2,(H,27,28). The summed E-state index contributed by atoms with van der Waals surface area (Å²) in [4.78, 5) is 26.6. The van der Waals surface area contributed by atoms with Crippen LogP contribution in [0.25, 0.3) is 10.9 Å². The summed E-state index contributed by atoms with van der Waals surface area (Å²) < 4.78 is 17.4. The molecule has 1 aromatic carbocycles. The summed E-state index contributed by atoms with van der Waals surface area (Å²) in [5.41, 5.74) is 9.03. The van der Waals surface area contributed by atoms with E-state index in [4.69, 9.17) is 11.6 Å². The van der Waals surface area contributed by atoms with Crippen molar-refractivity contribution >= 4 is 28.2 Å². The highest BCUT2D eigenvalue weighted by Gasteiger charge is 2.40. The van der Waals surface area contributed by atoms with Crippen LogP contribution in [0.5, 0.6) is 0 Å². The fraction of sp³-hybridized carbons (Fsp3) is 0.474. The summed E-state index contributed by atoms with van der Waals surface area (Å²) in [7, 11) is 0. The quantitative estimate of drug-likeness (QED) is 0.462. The van der Waals surface area contributed by atoms with Crippen LogP contribution in [-0.4, -0.2) is 34.3 Å². The number of aromatic nitrogens is 1. The lowest BCUT2D eigenvalue weighted by Gasteiger charge is -2.35. The van der Waals surface area contributed by atoms with Gasteiger partial charge in [-0.2, -0.15) is 0 Å². The number of carboxylic acids is 1. The van der Waals surface area contributed by atoms with Crippen molar-refractivity contribution in [1.29, 1.82) is 0 Å². The first-order valence-electron chi connectivity index (χ1n) is 9.57. The Morgan fingerprint density at radius 3 is 2.68 bits per heavy atom. The van der Waals surface area contributed by atoms with Crippen molar-refractivity contribution in [2.24, 2.45) is 11.6 Å². The van der Waals surface area contributed by atoms with E-state index in [1.165, 1.54) is 6.20 Å². The Morgan fingerprint density at radius 2 is 2.04 bits per heavy atom. The number of fused-ring (bicyclic) bond motifs is 5. The minimum absolute atomic E-state index is 0.0208. The molecule has 0 spiro atoms. The van der Waals surface area contributed by atoms with Gasteiger partial charge in [0.25, 0.3) is 0 Å². The number of nitrogens with one attached hydrogen (secondary N) is 1. The molecule has 8 nitrogen and oxygen atoms in total. The van der Waals surface area contributed by atoms with Gasteiger partial charge in [-0.25, -0.2) is 9.18 Å². The monoisotopic (exact) mass is 387 g/mol. The van der Waals surface area contributed by atoms with Crippen LogP contribution in [0.2, 0.25) is 0 Å². The minimum atomic E-state index is -1.33. The molecule has 28 heavy (non-hydrogen) atoms. The Kier molecular flexibility index (Phi) is 3.69. The summed E-state index contributed by atoms with van der Waals surface area (Å²) in [6.07, 6.45) is 5.43. The van der Waals surface area contributed by atoms with Crippen LogP contribution in [0, 0.1) is 5.82 Å². The van der Waals surface area contributed by atoms with E-state index in [9.17, 15) is 14.7 Å². The van der Waals surface area contributed by atoms with Gasteiger partial charge in [0.2, 0.25) is 5.43 Å². The predicted octanol–water partition coefficient (Wildman–Crippen LogP) is 1.31. The van der Waals surface area contributed by atoms with E-state index < -0.39 is 17.2 Å². The smallest absolute Gasteiger partial charge is 0.341 e. The Morgan fingerprint density at radius 1 is 1.29 bits per heavy atom. The second-order valence-electron chi connectivity index (χ2n) is 8.04. The van der Waals surface area contributed by atoms with Crippen molar-refractivity contribution in [2.75, 3.05) is 16.9 Å². The molecule has 2 unspecified atom stereocenters. The normalized spacial score (nSPS) is 23.6. The average Bonchev–Trinajstić information content (AvgIpc) is 3.42. The molecule has 9 heteroatoms. The number of nitrogens with zero attached hydrogens (tertiary/aromatic N) is 2. The zero-order valence-electron chi connectivity index (χ0n) is 15.2.